The van der Waals surface area contributed by atoms with Crippen LogP contribution in [0.1, 0.15) is 32.6 Å². The maximum Gasteiger partial charge on any atom is 0.0346 e. The van der Waals surface area contributed by atoms with E-state index in [1.54, 1.807) is 0 Å². The maximum absolute atomic E-state index is 2.64. The van der Waals surface area contributed by atoms with Crippen molar-refractivity contribution in [1.82, 2.24) is 9.80 Å². The molecule has 0 amide bonds. The minimum Gasteiger partial charge on any atom is -0.301 e. The van der Waals surface area contributed by atoms with E-state index in [0.29, 0.717) is 5.54 Å². The van der Waals surface area contributed by atoms with Gasteiger partial charge in [0.1, 0.15) is 0 Å². The number of hydrogen-bond donors (Lipinski definition) is 0. The normalized spacial score (nSPS) is 36.5. The molecule has 2 aliphatic rings. The van der Waals surface area contributed by atoms with E-state index < -0.39 is 0 Å². The third-order valence-electron chi connectivity index (χ3n) is 3.90. The van der Waals surface area contributed by atoms with Gasteiger partial charge in [0, 0.05) is 18.6 Å². The Morgan fingerprint density at radius 1 is 1.23 bits per heavy atom. The van der Waals surface area contributed by atoms with Crippen molar-refractivity contribution < 1.29 is 0 Å². The molecule has 2 rings (SSSR count). The molecule has 0 aliphatic carbocycles. The number of likely N-dealkylation sites (tertiary alicyclic amines) is 2. The van der Waals surface area contributed by atoms with E-state index in [1.807, 2.05) is 0 Å². The molecule has 0 aromatic carbocycles. The van der Waals surface area contributed by atoms with Crippen LogP contribution in [0.4, 0.5) is 0 Å². The second kappa shape index (κ2) is 3.58. The monoisotopic (exact) mass is 182 g/mol. The lowest BCUT2D eigenvalue weighted by atomic mass is 9.96. The molecule has 2 heteroatoms. The molecule has 0 aromatic rings. The van der Waals surface area contributed by atoms with Gasteiger partial charge in [0.2, 0.25) is 0 Å². The molecule has 0 bridgehead atoms. The van der Waals surface area contributed by atoms with Crippen LogP contribution in [0.25, 0.3) is 0 Å². The molecule has 0 radical (unpaired) electrons. The second-order valence-electron chi connectivity index (χ2n) is 4.78. The smallest absolute Gasteiger partial charge is 0.0346 e. The van der Waals surface area contributed by atoms with Crippen molar-refractivity contribution in [1.29, 1.82) is 0 Å². The van der Waals surface area contributed by atoms with Gasteiger partial charge in [0.15, 0.2) is 0 Å². The fraction of sp³-hybridized carbons (Fsp3) is 1.00. The van der Waals surface area contributed by atoms with Crippen LogP contribution in [0.15, 0.2) is 0 Å². The average Bonchev–Trinajstić information content (AvgIpc) is 2.64. The molecular formula is C11H22N2. The second-order valence-corrected chi connectivity index (χ2v) is 4.78. The van der Waals surface area contributed by atoms with Crippen LogP contribution in [0.3, 0.4) is 0 Å². The van der Waals surface area contributed by atoms with Gasteiger partial charge in [-0.15, -0.1) is 0 Å². The van der Waals surface area contributed by atoms with Crippen molar-refractivity contribution in [3.8, 4) is 0 Å². The van der Waals surface area contributed by atoms with E-state index in [0.717, 1.165) is 0 Å². The van der Waals surface area contributed by atoms with Gasteiger partial charge in [-0.3, -0.25) is 4.90 Å². The summed E-state index contributed by atoms with van der Waals surface area (Å²) in [6, 6.07) is 0. The first-order valence-corrected chi connectivity index (χ1v) is 5.70. The zero-order valence-electron chi connectivity index (χ0n) is 9.05. The van der Waals surface area contributed by atoms with Gasteiger partial charge in [0.25, 0.3) is 0 Å². The van der Waals surface area contributed by atoms with Gasteiger partial charge in [-0.2, -0.15) is 0 Å². The summed E-state index contributed by atoms with van der Waals surface area (Å²) in [5, 5.41) is 0. The molecule has 2 fully saturated rings. The summed E-state index contributed by atoms with van der Waals surface area (Å²) >= 11 is 0. The standard InChI is InChI=1S/C11H22N2/c1-3-7-13-9-6-11(10-13)5-4-8-12(11)2/h3-10H2,1-2H3. The van der Waals surface area contributed by atoms with E-state index in [9.17, 15) is 0 Å². The van der Waals surface area contributed by atoms with E-state index in [-0.39, 0.29) is 0 Å². The molecule has 76 valence electrons. The summed E-state index contributed by atoms with van der Waals surface area (Å²) in [6.07, 6.45) is 5.56. The molecule has 13 heavy (non-hydrogen) atoms. The fourth-order valence-corrected chi connectivity index (χ4v) is 3.04. The van der Waals surface area contributed by atoms with E-state index in [1.165, 1.54) is 51.9 Å². The highest BCUT2D eigenvalue weighted by Crippen LogP contribution is 2.36. The summed E-state index contributed by atoms with van der Waals surface area (Å²) in [5.74, 6) is 0. The third kappa shape index (κ3) is 1.62. The zero-order chi connectivity index (χ0) is 9.31. The van der Waals surface area contributed by atoms with Crippen molar-refractivity contribution in [3.05, 3.63) is 0 Å². The summed E-state index contributed by atoms with van der Waals surface area (Å²) in [7, 11) is 2.31. The van der Waals surface area contributed by atoms with Crippen LogP contribution in [-0.4, -0.2) is 48.6 Å². The number of hydrogen-bond acceptors (Lipinski definition) is 2. The van der Waals surface area contributed by atoms with Gasteiger partial charge in [0.05, 0.1) is 0 Å². The molecule has 0 N–H and O–H groups in total. The molecule has 2 heterocycles. The van der Waals surface area contributed by atoms with Crippen molar-refractivity contribution >= 4 is 0 Å². The van der Waals surface area contributed by atoms with Crippen LogP contribution < -0.4 is 0 Å². The number of likely N-dealkylation sites (N-methyl/N-ethyl adjacent to an activating group) is 1. The number of rotatable bonds is 2. The third-order valence-corrected chi connectivity index (χ3v) is 3.90. The lowest BCUT2D eigenvalue weighted by Crippen LogP contribution is -2.43. The minimum atomic E-state index is 0.579. The van der Waals surface area contributed by atoms with Gasteiger partial charge in [-0.25, -0.2) is 0 Å². The van der Waals surface area contributed by atoms with Crippen molar-refractivity contribution in [2.75, 3.05) is 33.2 Å². The highest BCUT2D eigenvalue weighted by Gasteiger charge is 2.43. The molecule has 1 unspecified atom stereocenters. The molecule has 2 nitrogen and oxygen atoms in total. The van der Waals surface area contributed by atoms with Gasteiger partial charge >= 0.3 is 0 Å². The molecule has 0 aromatic heterocycles. The average molecular weight is 182 g/mol. The fourth-order valence-electron chi connectivity index (χ4n) is 3.04. The summed E-state index contributed by atoms with van der Waals surface area (Å²) in [6.45, 7) is 7.56. The Morgan fingerprint density at radius 3 is 2.69 bits per heavy atom. The summed E-state index contributed by atoms with van der Waals surface area (Å²) in [5.41, 5.74) is 0.579. The number of nitrogens with zero attached hydrogens (tertiary/aromatic N) is 2. The molecular weight excluding hydrogens is 160 g/mol. The first-order valence-electron chi connectivity index (χ1n) is 5.70. The maximum atomic E-state index is 2.64. The Hall–Kier alpha value is -0.0800. The van der Waals surface area contributed by atoms with E-state index in [2.05, 4.69) is 23.8 Å². The summed E-state index contributed by atoms with van der Waals surface area (Å²) < 4.78 is 0. The highest BCUT2D eigenvalue weighted by atomic mass is 15.3. The van der Waals surface area contributed by atoms with Crippen LogP contribution >= 0.6 is 0 Å². The van der Waals surface area contributed by atoms with Crippen LogP contribution in [0.2, 0.25) is 0 Å². The first kappa shape index (κ1) is 9.47. The molecule has 1 atom stereocenters. The quantitative estimate of drug-likeness (QED) is 0.639. The van der Waals surface area contributed by atoms with Crippen LogP contribution in [-0.2, 0) is 0 Å². The highest BCUT2D eigenvalue weighted by molar-refractivity contribution is 5.01. The predicted molar refractivity (Wildman–Crippen MR) is 55.9 cm³/mol. The van der Waals surface area contributed by atoms with Crippen molar-refractivity contribution in [3.63, 3.8) is 0 Å². The molecule has 2 aliphatic heterocycles. The molecule has 1 spiro atoms. The van der Waals surface area contributed by atoms with Crippen molar-refractivity contribution in [2.24, 2.45) is 0 Å². The Balaban J connectivity index is 1.95. The SMILES string of the molecule is CCCN1CCC2(CCCN2C)C1. The predicted octanol–water partition coefficient (Wildman–Crippen LogP) is 1.57. The lowest BCUT2D eigenvalue weighted by molar-refractivity contribution is 0.173. The van der Waals surface area contributed by atoms with Gasteiger partial charge in [-0.1, -0.05) is 6.92 Å². The largest absolute Gasteiger partial charge is 0.301 e. The Morgan fingerprint density at radius 2 is 2.08 bits per heavy atom. The topological polar surface area (TPSA) is 6.48 Å². The summed E-state index contributed by atoms with van der Waals surface area (Å²) in [4.78, 5) is 5.24. The molecule has 0 saturated carbocycles. The minimum absolute atomic E-state index is 0.579. The van der Waals surface area contributed by atoms with Gasteiger partial charge < -0.3 is 4.90 Å². The van der Waals surface area contributed by atoms with Crippen molar-refractivity contribution in [2.45, 2.75) is 38.1 Å². The van der Waals surface area contributed by atoms with Gasteiger partial charge in [-0.05, 0) is 45.8 Å². The Labute approximate surface area is 81.9 Å². The molecule has 2 saturated heterocycles. The Bertz CT molecular complexity index is 181. The Kier molecular flexibility index (Phi) is 2.61. The first-order chi connectivity index (χ1) is 6.27. The van der Waals surface area contributed by atoms with Crippen LogP contribution in [0.5, 0.6) is 0 Å². The van der Waals surface area contributed by atoms with E-state index in [4.69, 9.17) is 0 Å². The zero-order valence-corrected chi connectivity index (χ0v) is 9.05. The lowest BCUT2D eigenvalue weighted by Gasteiger charge is -2.32. The van der Waals surface area contributed by atoms with E-state index >= 15 is 0 Å². The van der Waals surface area contributed by atoms with Crippen LogP contribution in [0, 0.1) is 0 Å².